The second-order valence-corrected chi connectivity index (χ2v) is 7.03. The van der Waals surface area contributed by atoms with Gasteiger partial charge in [0.05, 0.1) is 22.1 Å². The summed E-state index contributed by atoms with van der Waals surface area (Å²) in [5.41, 5.74) is 3.69. The zero-order valence-corrected chi connectivity index (χ0v) is 14.8. The molecule has 0 unspecified atom stereocenters. The predicted octanol–water partition coefficient (Wildman–Crippen LogP) is 4.39. The summed E-state index contributed by atoms with van der Waals surface area (Å²) in [4.78, 5) is 7.47. The van der Waals surface area contributed by atoms with Crippen molar-refractivity contribution < 1.29 is 0 Å². The van der Waals surface area contributed by atoms with E-state index in [-0.39, 0.29) is 0 Å². The smallest absolute Gasteiger partial charge is 0.0649 e. The minimum absolute atomic E-state index is 0.817. The molecule has 1 saturated heterocycles. The Balaban J connectivity index is 1.57. The van der Waals surface area contributed by atoms with E-state index >= 15 is 0 Å². The van der Waals surface area contributed by atoms with E-state index < -0.39 is 0 Å². The number of hydrogen-bond donors (Lipinski definition) is 0. The first-order chi connectivity index (χ1) is 11.8. The fourth-order valence-corrected chi connectivity index (χ4v) is 4.08. The molecular weight excluding hydrogens is 318 g/mol. The van der Waals surface area contributed by atoms with Crippen molar-refractivity contribution in [3.05, 3.63) is 53.6 Å². The number of benzene rings is 2. The molecule has 3 nitrogen and oxygen atoms in total. The van der Waals surface area contributed by atoms with Gasteiger partial charge in [-0.2, -0.15) is 0 Å². The number of halogens is 1. The molecular formula is C20H24ClN3. The van der Waals surface area contributed by atoms with Crippen LogP contribution in [-0.2, 0) is 0 Å². The van der Waals surface area contributed by atoms with Crippen molar-refractivity contribution in [3.63, 3.8) is 0 Å². The molecule has 0 bridgehead atoms. The first-order valence-electron chi connectivity index (χ1n) is 8.91. The van der Waals surface area contributed by atoms with Crippen molar-refractivity contribution in [2.75, 3.05) is 49.1 Å². The van der Waals surface area contributed by atoms with Crippen molar-refractivity contribution in [1.82, 2.24) is 4.90 Å². The van der Waals surface area contributed by atoms with Crippen LogP contribution in [0.25, 0.3) is 0 Å². The normalized spacial score (nSPS) is 18.0. The van der Waals surface area contributed by atoms with Gasteiger partial charge >= 0.3 is 0 Å². The average molecular weight is 342 g/mol. The summed E-state index contributed by atoms with van der Waals surface area (Å²) >= 11 is 6.45. The highest BCUT2D eigenvalue weighted by molar-refractivity contribution is 6.33. The topological polar surface area (TPSA) is 9.72 Å². The molecule has 2 aliphatic heterocycles. The van der Waals surface area contributed by atoms with E-state index in [1.54, 1.807) is 0 Å². The van der Waals surface area contributed by atoms with Crippen molar-refractivity contribution in [1.29, 1.82) is 0 Å². The molecule has 0 radical (unpaired) electrons. The monoisotopic (exact) mass is 341 g/mol. The lowest BCUT2D eigenvalue weighted by atomic mass is 10.1. The summed E-state index contributed by atoms with van der Waals surface area (Å²) in [7, 11) is 0. The number of anilines is 3. The highest BCUT2D eigenvalue weighted by Crippen LogP contribution is 2.39. The Morgan fingerprint density at radius 2 is 1.38 bits per heavy atom. The molecule has 0 atom stereocenters. The van der Waals surface area contributed by atoms with Crippen LogP contribution in [0.15, 0.2) is 48.5 Å². The Kier molecular flexibility index (Phi) is 4.63. The summed E-state index contributed by atoms with van der Waals surface area (Å²) in [6, 6.07) is 16.8. The summed E-state index contributed by atoms with van der Waals surface area (Å²) < 4.78 is 0. The molecule has 2 aliphatic rings. The van der Waals surface area contributed by atoms with Crippen LogP contribution in [0, 0.1) is 0 Å². The van der Waals surface area contributed by atoms with Crippen molar-refractivity contribution in [3.8, 4) is 0 Å². The van der Waals surface area contributed by atoms with E-state index in [2.05, 4.69) is 51.1 Å². The lowest BCUT2D eigenvalue weighted by Gasteiger charge is -2.39. The van der Waals surface area contributed by atoms with Crippen LogP contribution in [0.4, 0.5) is 17.1 Å². The van der Waals surface area contributed by atoms with Gasteiger partial charge in [-0.15, -0.1) is 0 Å². The maximum Gasteiger partial charge on any atom is 0.0649 e. The van der Waals surface area contributed by atoms with Crippen LogP contribution < -0.4 is 9.80 Å². The molecule has 2 aromatic carbocycles. The Bertz CT molecular complexity index is 697. The number of hydrogen-bond acceptors (Lipinski definition) is 3. The molecule has 0 N–H and O–H groups in total. The molecule has 0 aromatic heterocycles. The highest BCUT2D eigenvalue weighted by atomic mass is 35.5. The van der Waals surface area contributed by atoms with Crippen LogP contribution >= 0.6 is 11.6 Å². The lowest BCUT2D eigenvalue weighted by molar-refractivity contribution is 0.344. The van der Waals surface area contributed by atoms with Crippen molar-refractivity contribution in [2.24, 2.45) is 0 Å². The van der Waals surface area contributed by atoms with E-state index in [9.17, 15) is 0 Å². The molecule has 1 fully saturated rings. The molecule has 126 valence electrons. The standard InChI is InChI=1S/C20H24ClN3/c21-17-7-1-2-8-18(17)24-16-15-23(14-13-22-11-5-6-12-22)19-9-3-4-10-20(19)24/h1-4,7-10H,5-6,11-16H2. The Morgan fingerprint density at radius 1 is 0.708 bits per heavy atom. The van der Waals surface area contributed by atoms with Crippen LogP contribution in [0.1, 0.15) is 12.8 Å². The molecule has 0 spiro atoms. The quantitative estimate of drug-likeness (QED) is 0.816. The van der Waals surface area contributed by atoms with Gasteiger partial charge in [-0.05, 0) is 50.2 Å². The van der Waals surface area contributed by atoms with Gasteiger partial charge in [0.25, 0.3) is 0 Å². The minimum atomic E-state index is 0.817. The largest absolute Gasteiger partial charge is 0.367 e. The Labute approximate surface area is 149 Å². The zero-order chi connectivity index (χ0) is 16.4. The summed E-state index contributed by atoms with van der Waals surface area (Å²) in [5, 5.41) is 0.817. The molecule has 24 heavy (non-hydrogen) atoms. The fourth-order valence-electron chi connectivity index (χ4n) is 3.84. The number of nitrogens with zero attached hydrogens (tertiary/aromatic N) is 3. The average Bonchev–Trinajstić information content (AvgIpc) is 3.14. The first kappa shape index (κ1) is 15.8. The van der Waals surface area contributed by atoms with E-state index in [0.717, 1.165) is 30.3 Å². The maximum absolute atomic E-state index is 6.45. The number of likely N-dealkylation sites (tertiary alicyclic amines) is 1. The zero-order valence-electron chi connectivity index (χ0n) is 14.0. The molecule has 0 aliphatic carbocycles. The lowest BCUT2D eigenvalue weighted by Crippen LogP contribution is -2.42. The van der Waals surface area contributed by atoms with Gasteiger partial charge in [0.15, 0.2) is 0 Å². The van der Waals surface area contributed by atoms with Gasteiger partial charge in [0, 0.05) is 26.2 Å². The van der Waals surface area contributed by atoms with Gasteiger partial charge in [-0.3, -0.25) is 0 Å². The summed E-state index contributed by atoms with van der Waals surface area (Å²) in [6.45, 7) is 6.81. The first-order valence-corrected chi connectivity index (χ1v) is 9.29. The minimum Gasteiger partial charge on any atom is -0.367 e. The van der Waals surface area contributed by atoms with E-state index in [0.29, 0.717) is 0 Å². The van der Waals surface area contributed by atoms with Crippen LogP contribution in [0.5, 0.6) is 0 Å². The number of para-hydroxylation sites is 3. The second kappa shape index (κ2) is 7.04. The van der Waals surface area contributed by atoms with Crippen LogP contribution in [-0.4, -0.2) is 44.2 Å². The molecule has 0 saturated carbocycles. The molecule has 2 aromatic rings. The molecule has 0 amide bonds. The Hall–Kier alpha value is -1.71. The van der Waals surface area contributed by atoms with Crippen molar-refractivity contribution in [2.45, 2.75) is 12.8 Å². The maximum atomic E-state index is 6.45. The van der Waals surface area contributed by atoms with Gasteiger partial charge in [-0.25, -0.2) is 0 Å². The molecule has 4 heteroatoms. The van der Waals surface area contributed by atoms with Crippen molar-refractivity contribution >= 4 is 28.7 Å². The van der Waals surface area contributed by atoms with E-state index in [1.165, 1.54) is 43.9 Å². The van der Waals surface area contributed by atoms with E-state index in [4.69, 9.17) is 11.6 Å². The van der Waals surface area contributed by atoms with Gasteiger partial charge < -0.3 is 14.7 Å². The summed E-state index contributed by atoms with van der Waals surface area (Å²) in [5.74, 6) is 0. The van der Waals surface area contributed by atoms with Crippen LogP contribution in [0.2, 0.25) is 5.02 Å². The highest BCUT2D eigenvalue weighted by Gasteiger charge is 2.24. The van der Waals surface area contributed by atoms with E-state index in [1.807, 2.05) is 12.1 Å². The molecule has 4 rings (SSSR count). The third kappa shape index (κ3) is 3.11. The SMILES string of the molecule is Clc1ccccc1N1CCN(CCN2CCCC2)c2ccccc21. The summed E-state index contributed by atoms with van der Waals surface area (Å²) in [6.07, 6.45) is 2.72. The number of rotatable bonds is 4. The third-order valence-electron chi connectivity index (χ3n) is 5.13. The van der Waals surface area contributed by atoms with Crippen LogP contribution in [0.3, 0.4) is 0 Å². The van der Waals surface area contributed by atoms with Gasteiger partial charge in [0.2, 0.25) is 0 Å². The van der Waals surface area contributed by atoms with Gasteiger partial charge in [0.1, 0.15) is 0 Å². The fraction of sp³-hybridized carbons (Fsp3) is 0.400. The Morgan fingerprint density at radius 3 is 2.12 bits per heavy atom. The molecule has 2 heterocycles. The van der Waals surface area contributed by atoms with Gasteiger partial charge in [-0.1, -0.05) is 35.9 Å². The number of fused-ring (bicyclic) bond motifs is 1. The predicted molar refractivity (Wildman–Crippen MR) is 103 cm³/mol. The second-order valence-electron chi connectivity index (χ2n) is 6.63. The third-order valence-corrected chi connectivity index (χ3v) is 5.45.